The number of halogens is 3. The molecule has 2 aromatic carbocycles. The zero-order chi connectivity index (χ0) is 21.4. The molecule has 156 valence electrons. The molecule has 0 fully saturated rings. The van der Waals surface area contributed by atoms with Gasteiger partial charge in [-0.25, -0.2) is 0 Å². The van der Waals surface area contributed by atoms with Gasteiger partial charge in [-0.2, -0.15) is 0 Å². The van der Waals surface area contributed by atoms with Crippen LogP contribution in [0.4, 0.5) is 0 Å². The molecule has 4 nitrogen and oxygen atoms in total. The van der Waals surface area contributed by atoms with Gasteiger partial charge in [0.2, 0.25) is 11.8 Å². The second kappa shape index (κ2) is 11.7. The van der Waals surface area contributed by atoms with E-state index in [2.05, 4.69) is 5.32 Å². The summed E-state index contributed by atoms with van der Waals surface area (Å²) < 4.78 is 0. The average Bonchev–Trinajstić information content (AvgIpc) is 2.68. The third-order valence-electron chi connectivity index (χ3n) is 4.32. The van der Waals surface area contributed by atoms with Crippen LogP contribution in [-0.2, 0) is 21.9 Å². The zero-order valence-corrected chi connectivity index (χ0v) is 19.3. The van der Waals surface area contributed by atoms with E-state index in [1.54, 1.807) is 30.0 Å². The van der Waals surface area contributed by atoms with E-state index in [-0.39, 0.29) is 24.1 Å². The van der Waals surface area contributed by atoms with Crippen molar-refractivity contribution in [2.24, 2.45) is 0 Å². The van der Waals surface area contributed by atoms with Crippen molar-refractivity contribution in [3.63, 3.8) is 0 Å². The van der Waals surface area contributed by atoms with Crippen LogP contribution in [-0.4, -0.2) is 35.1 Å². The second-order valence-corrected chi connectivity index (χ2v) is 8.65. The number of amides is 2. The number of thioether (sulfide) groups is 1. The molecule has 0 radical (unpaired) electrons. The van der Waals surface area contributed by atoms with Crippen molar-refractivity contribution in [1.82, 2.24) is 10.2 Å². The molecular formula is C21H23Cl3N2O2S. The molecule has 1 atom stereocenters. The lowest BCUT2D eigenvalue weighted by molar-refractivity contribution is -0.138. The molecule has 1 N–H and O–H groups in total. The van der Waals surface area contributed by atoms with Gasteiger partial charge >= 0.3 is 0 Å². The Kier molecular flexibility index (Phi) is 9.63. The highest BCUT2D eigenvalue weighted by atomic mass is 35.5. The lowest BCUT2D eigenvalue weighted by Gasteiger charge is -2.29. The molecule has 0 heterocycles. The normalized spacial score (nSPS) is 11.8. The van der Waals surface area contributed by atoms with E-state index in [1.165, 1.54) is 11.8 Å². The first-order valence-corrected chi connectivity index (χ1v) is 11.4. The van der Waals surface area contributed by atoms with Crippen molar-refractivity contribution in [1.29, 1.82) is 0 Å². The molecule has 29 heavy (non-hydrogen) atoms. The molecule has 0 unspecified atom stereocenters. The van der Waals surface area contributed by atoms with Crippen LogP contribution in [0.25, 0.3) is 0 Å². The third kappa shape index (κ3) is 7.10. The predicted molar refractivity (Wildman–Crippen MR) is 123 cm³/mol. The minimum atomic E-state index is -0.630. The Morgan fingerprint density at radius 3 is 2.45 bits per heavy atom. The van der Waals surface area contributed by atoms with E-state index in [0.29, 0.717) is 27.4 Å². The van der Waals surface area contributed by atoms with Gasteiger partial charge < -0.3 is 10.2 Å². The molecule has 0 aliphatic heterocycles. The monoisotopic (exact) mass is 472 g/mol. The smallest absolute Gasteiger partial charge is 0.242 e. The third-order valence-corrected chi connectivity index (χ3v) is 6.24. The van der Waals surface area contributed by atoms with Crippen LogP contribution < -0.4 is 5.32 Å². The molecule has 2 aromatic rings. The summed E-state index contributed by atoms with van der Waals surface area (Å²) in [6, 6.07) is 12.0. The second-order valence-electron chi connectivity index (χ2n) is 6.41. The average molecular weight is 474 g/mol. The first kappa shape index (κ1) is 23.9. The van der Waals surface area contributed by atoms with Gasteiger partial charge in [0.05, 0.1) is 5.75 Å². The molecule has 0 aliphatic carbocycles. The number of nitrogens with one attached hydrogen (secondary N) is 1. The molecule has 0 aromatic heterocycles. The quantitative estimate of drug-likeness (QED) is 0.528. The number of benzene rings is 2. The minimum Gasteiger partial charge on any atom is -0.355 e. The largest absolute Gasteiger partial charge is 0.355 e. The summed E-state index contributed by atoms with van der Waals surface area (Å²) in [5.41, 5.74) is 1.70. The summed E-state index contributed by atoms with van der Waals surface area (Å²) in [5, 5.41) is 4.42. The Morgan fingerprint density at radius 1 is 1.07 bits per heavy atom. The molecule has 2 amide bonds. The molecule has 0 spiro atoms. The number of rotatable bonds is 9. The number of nitrogens with zero attached hydrogens (tertiary/aromatic N) is 1. The number of hydrogen-bond acceptors (Lipinski definition) is 3. The molecular weight excluding hydrogens is 451 g/mol. The van der Waals surface area contributed by atoms with Gasteiger partial charge in [0, 0.05) is 33.9 Å². The lowest BCUT2D eigenvalue weighted by Crippen LogP contribution is -2.48. The van der Waals surface area contributed by atoms with Gasteiger partial charge in [-0.15, -0.1) is 11.8 Å². The van der Waals surface area contributed by atoms with Gasteiger partial charge in [-0.1, -0.05) is 59.1 Å². The summed E-state index contributed by atoms with van der Waals surface area (Å²) in [7, 11) is 0. The van der Waals surface area contributed by atoms with Crippen LogP contribution in [0.3, 0.4) is 0 Å². The van der Waals surface area contributed by atoms with Gasteiger partial charge in [0.15, 0.2) is 0 Å². The Labute approximate surface area is 190 Å². The maximum absolute atomic E-state index is 13.0. The lowest BCUT2D eigenvalue weighted by atomic mass is 10.1. The van der Waals surface area contributed by atoms with Crippen molar-refractivity contribution in [3.05, 3.63) is 68.7 Å². The minimum absolute atomic E-state index is 0.146. The van der Waals surface area contributed by atoms with Crippen molar-refractivity contribution >= 4 is 58.4 Å². The number of carbonyl (C=O) groups is 2. The highest BCUT2D eigenvalue weighted by molar-refractivity contribution is 7.99. The van der Waals surface area contributed by atoms with Crippen LogP contribution in [0, 0.1) is 0 Å². The topological polar surface area (TPSA) is 49.4 Å². The predicted octanol–water partition coefficient (Wildman–Crippen LogP) is 5.43. The molecule has 0 bridgehead atoms. The summed E-state index contributed by atoms with van der Waals surface area (Å²) >= 11 is 19.9. The van der Waals surface area contributed by atoms with Crippen LogP contribution >= 0.6 is 46.6 Å². The van der Waals surface area contributed by atoms with Crippen molar-refractivity contribution in [3.8, 4) is 0 Å². The first-order valence-electron chi connectivity index (χ1n) is 9.15. The maximum atomic E-state index is 13.0. The fraction of sp³-hybridized carbons (Fsp3) is 0.333. The zero-order valence-electron chi connectivity index (χ0n) is 16.3. The number of likely N-dealkylation sites (N-methyl/N-ethyl adjacent to an activating group) is 1. The molecule has 0 saturated heterocycles. The van der Waals surface area contributed by atoms with Gasteiger partial charge in [0.1, 0.15) is 6.04 Å². The molecule has 2 rings (SSSR count). The highest BCUT2D eigenvalue weighted by Crippen LogP contribution is 2.25. The maximum Gasteiger partial charge on any atom is 0.242 e. The van der Waals surface area contributed by atoms with Crippen LogP contribution in [0.2, 0.25) is 15.1 Å². The Bertz CT molecular complexity index is 864. The van der Waals surface area contributed by atoms with Crippen LogP contribution in [0.5, 0.6) is 0 Å². The first-order chi connectivity index (χ1) is 13.8. The van der Waals surface area contributed by atoms with Crippen LogP contribution in [0.15, 0.2) is 42.5 Å². The van der Waals surface area contributed by atoms with E-state index in [1.807, 2.05) is 31.2 Å². The Balaban J connectivity index is 2.11. The van der Waals surface area contributed by atoms with E-state index in [0.717, 1.165) is 11.1 Å². The number of carbonyl (C=O) groups excluding carboxylic acids is 2. The van der Waals surface area contributed by atoms with Crippen molar-refractivity contribution in [2.45, 2.75) is 32.2 Å². The fourth-order valence-corrected chi connectivity index (χ4v) is 4.35. The Hall–Kier alpha value is -1.40. The van der Waals surface area contributed by atoms with Crippen molar-refractivity contribution in [2.75, 3.05) is 12.3 Å². The standard InChI is InChI=1S/C21H23Cl3N2O2S/c1-3-25-21(28)14(2)26(11-15-8-9-17(22)10-19(15)24)20(27)13-29-12-16-6-4-5-7-18(16)23/h4-10,14H,3,11-13H2,1-2H3,(H,25,28)/t14-/m1/s1. The van der Waals surface area contributed by atoms with Gasteiger partial charge in [-0.05, 0) is 43.2 Å². The van der Waals surface area contributed by atoms with Gasteiger partial charge in [-0.3, -0.25) is 9.59 Å². The highest BCUT2D eigenvalue weighted by Gasteiger charge is 2.26. The van der Waals surface area contributed by atoms with E-state index < -0.39 is 6.04 Å². The van der Waals surface area contributed by atoms with Gasteiger partial charge in [0.25, 0.3) is 0 Å². The molecule has 0 aliphatic rings. The van der Waals surface area contributed by atoms with E-state index in [4.69, 9.17) is 34.8 Å². The number of hydrogen-bond donors (Lipinski definition) is 1. The summed E-state index contributed by atoms with van der Waals surface area (Å²) in [6.07, 6.45) is 0. The molecule has 8 heteroatoms. The fourth-order valence-electron chi connectivity index (χ4n) is 2.68. The summed E-state index contributed by atoms with van der Waals surface area (Å²) in [4.78, 5) is 26.9. The summed E-state index contributed by atoms with van der Waals surface area (Å²) in [6.45, 7) is 4.27. The Morgan fingerprint density at radius 2 is 1.79 bits per heavy atom. The SMILES string of the molecule is CCNC(=O)[C@@H](C)N(Cc1ccc(Cl)cc1Cl)C(=O)CSCc1ccccc1Cl. The van der Waals surface area contributed by atoms with E-state index in [9.17, 15) is 9.59 Å². The van der Waals surface area contributed by atoms with Crippen LogP contribution in [0.1, 0.15) is 25.0 Å². The van der Waals surface area contributed by atoms with E-state index >= 15 is 0 Å². The summed E-state index contributed by atoms with van der Waals surface area (Å²) in [5.74, 6) is 0.477. The molecule has 0 saturated carbocycles. The van der Waals surface area contributed by atoms with Crippen molar-refractivity contribution < 1.29 is 9.59 Å².